The van der Waals surface area contributed by atoms with Gasteiger partial charge in [0.25, 0.3) is 5.91 Å². The van der Waals surface area contributed by atoms with Crippen LogP contribution in [0, 0.1) is 6.92 Å². The number of rotatable bonds is 7. The quantitative estimate of drug-likeness (QED) is 0.515. The Morgan fingerprint density at radius 1 is 1.29 bits per heavy atom. The smallest absolute Gasteiger partial charge is 0.260 e. The Morgan fingerprint density at radius 3 is 2.84 bits per heavy atom. The monoisotopic (exact) mass is 459 g/mol. The number of thiazole rings is 1. The molecule has 3 aromatic rings. The van der Waals surface area contributed by atoms with Gasteiger partial charge in [0.1, 0.15) is 11.3 Å². The van der Waals surface area contributed by atoms with Gasteiger partial charge in [0.05, 0.1) is 25.0 Å². The van der Waals surface area contributed by atoms with Crippen molar-refractivity contribution >= 4 is 44.2 Å². The second-order valence-electron chi connectivity index (χ2n) is 7.53. The fraction of sp³-hybridized carbons (Fsp3) is 0.391. The van der Waals surface area contributed by atoms with Crippen LogP contribution in [-0.4, -0.2) is 62.3 Å². The second kappa shape index (κ2) is 9.96. The Balaban J connectivity index is 1.63. The molecule has 1 aliphatic rings. The van der Waals surface area contributed by atoms with Crippen LogP contribution in [0.15, 0.2) is 36.4 Å². The van der Waals surface area contributed by atoms with Gasteiger partial charge in [-0.2, -0.15) is 0 Å². The molecule has 31 heavy (non-hydrogen) atoms. The van der Waals surface area contributed by atoms with Crippen molar-refractivity contribution in [3.05, 3.63) is 52.5 Å². The Hall–Kier alpha value is -2.19. The van der Waals surface area contributed by atoms with Crippen molar-refractivity contribution in [2.24, 2.45) is 0 Å². The third kappa shape index (κ3) is 5.01. The Morgan fingerprint density at radius 2 is 2.10 bits per heavy atom. The highest BCUT2D eigenvalue weighted by atomic mass is 35.5. The number of morpholine rings is 1. The van der Waals surface area contributed by atoms with Crippen molar-refractivity contribution in [2.75, 3.05) is 51.4 Å². The Kier molecular flexibility index (Phi) is 7.07. The topological polar surface area (TPSA) is 54.9 Å². The van der Waals surface area contributed by atoms with Gasteiger partial charge in [0.15, 0.2) is 5.13 Å². The van der Waals surface area contributed by atoms with E-state index in [0.717, 1.165) is 55.0 Å². The molecule has 8 heteroatoms. The van der Waals surface area contributed by atoms with Crippen molar-refractivity contribution in [1.29, 1.82) is 0 Å². The van der Waals surface area contributed by atoms with Gasteiger partial charge in [-0.1, -0.05) is 35.1 Å². The number of hydrogen-bond acceptors (Lipinski definition) is 6. The van der Waals surface area contributed by atoms with E-state index in [2.05, 4.69) is 4.90 Å². The standard InChI is InChI=1S/C23H26ClN3O3S/c1-16-7-8-19(29-2)20-21(16)31-23(25-20)27(10-4-9-26-11-13-30-14-12-26)22(28)17-5-3-6-18(24)15-17/h3,5-8,15H,4,9-14H2,1-2H3. The van der Waals surface area contributed by atoms with Gasteiger partial charge in [-0.15, -0.1) is 0 Å². The molecule has 1 aliphatic heterocycles. The van der Waals surface area contributed by atoms with E-state index in [1.165, 1.54) is 11.3 Å². The molecule has 1 fully saturated rings. The van der Waals surface area contributed by atoms with Crippen LogP contribution in [0.3, 0.4) is 0 Å². The zero-order valence-corrected chi connectivity index (χ0v) is 19.3. The number of benzene rings is 2. The van der Waals surface area contributed by atoms with Crippen LogP contribution in [0.5, 0.6) is 5.75 Å². The summed E-state index contributed by atoms with van der Waals surface area (Å²) in [6.07, 6.45) is 0.846. The number of anilines is 1. The number of fused-ring (bicyclic) bond motifs is 1. The predicted octanol–water partition coefficient (Wildman–Crippen LogP) is 4.64. The number of carbonyl (C=O) groups is 1. The number of amides is 1. The van der Waals surface area contributed by atoms with Gasteiger partial charge in [0.2, 0.25) is 0 Å². The minimum atomic E-state index is -0.0971. The molecule has 0 N–H and O–H groups in total. The molecule has 164 valence electrons. The molecule has 0 atom stereocenters. The third-order valence-electron chi connectivity index (χ3n) is 5.42. The maximum absolute atomic E-state index is 13.5. The zero-order valence-electron chi connectivity index (χ0n) is 17.8. The first-order chi connectivity index (χ1) is 15.1. The molecule has 0 unspecified atom stereocenters. The molecular weight excluding hydrogens is 434 g/mol. The molecule has 0 spiro atoms. The van der Waals surface area contributed by atoms with Gasteiger partial charge >= 0.3 is 0 Å². The number of aromatic nitrogens is 1. The molecule has 4 rings (SSSR count). The van der Waals surface area contributed by atoms with Crippen molar-refractivity contribution in [1.82, 2.24) is 9.88 Å². The minimum absolute atomic E-state index is 0.0971. The lowest BCUT2D eigenvalue weighted by Gasteiger charge is -2.27. The van der Waals surface area contributed by atoms with Gasteiger partial charge < -0.3 is 9.47 Å². The van der Waals surface area contributed by atoms with E-state index >= 15 is 0 Å². The average molecular weight is 460 g/mol. The average Bonchev–Trinajstić information content (AvgIpc) is 3.23. The molecule has 6 nitrogen and oxygen atoms in total. The number of aryl methyl sites for hydroxylation is 1. The summed E-state index contributed by atoms with van der Waals surface area (Å²) in [5, 5.41) is 1.22. The van der Waals surface area contributed by atoms with Crippen LogP contribution in [0.1, 0.15) is 22.3 Å². The molecule has 1 saturated heterocycles. The number of ether oxygens (including phenoxy) is 2. The van der Waals surface area contributed by atoms with Gasteiger partial charge in [-0.05, 0) is 43.2 Å². The van der Waals surface area contributed by atoms with Gasteiger partial charge in [-0.3, -0.25) is 14.6 Å². The minimum Gasteiger partial charge on any atom is -0.494 e. The molecule has 0 bridgehead atoms. The molecule has 2 heterocycles. The molecule has 1 aromatic heterocycles. The Bertz CT molecular complexity index is 1070. The predicted molar refractivity (Wildman–Crippen MR) is 126 cm³/mol. The molecule has 0 saturated carbocycles. The lowest BCUT2D eigenvalue weighted by Crippen LogP contribution is -2.39. The van der Waals surface area contributed by atoms with E-state index in [0.29, 0.717) is 28.0 Å². The van der Waals surface area contributed by atoms with Gasteiger partial charge in [-0.25, -0.2) is 4.98 Å². The van der Waals surface area contributed by atoms with E-state index in [-0.39, 0.29) is 5.91 Å². The lowest BCUT2D eigenvalue weighted by molar-refractivity contribution is 0.0376. The highest BCUT2D eigenvalue weighted by Crippen LogP contribution is 2.37. The summed E-state index contributed by atoms with van der Waals surface area (Å²) < 4.78 is 12.0. The fourth-order valence-electron chi connectivity index (χ4n) is 3.72. The van der Waals surface area contributed by atoms with Crippen molar-refractivity contribution in [3.63, 3.8) is 0 Å². The van der Waals surface area contributed by atoms with Crippen LogP contribution in [0.25, 0.3) is 10.2 Å². The first-order valence-corrected chi connectivity index (χ1v) is 11.6. The lowest BCUT2D eigenvalue weighted by atomic mass is 10.2. The van der Waals surface area contributed by atoms with E-state index < -0.39 is 0 Å². The van der Waals surface area contributed by atoms with Gasteiger partial charge in [0, 0.05) is 36.8 Å². The zero-order chi connectivity index (χ0) is 21.8. The molecule has 2 aromatic carbocycles. The summed E-state index contributed by atoms with van der Waals surface area (Å²) >= 11 is 7.67. The maximum atomic E-state index is 13.5. The summed E-state index contributed by atoms with van der Waals surface area (Å²) in [4.78, 5) is 22.4. The summed E-state index contributed by atoms with van der Waals surface area (Å²) in [6, 6.07) is 11.0. The highest BCUT2D eigenvalue weighted by Gasteiger charge is 2.23. The van der Waals surface area contributed by atoms with Crippen LogP contribution in [0.4, 0.5) is 5.13 Å². The van der Waals surface area contributed by atoms with E-state index in [9.17, 15) is 4.79 Å². The number of hydrogen-bond donors (Lipinski definition) is 0. The van der Waals surface area contributed by atoms with Crippen LogP contribution >= 0.6 is 22.9 Å². The van der Waals surface area contributed by atoms with E-state index in [4.69, 9.17) is 26.1 Å². The van der Waals surface area contributed by atoms with Crippen LogP contribution in [0.2, 0.25) is 5.02 Å². The summed E-state index contributed by atoms with van der Waals surface area (Å²) in [5.74, 6) is 0.617. The third-order valence-corrected chi connectivity index (χ3v) is 6.87. The molecule has 0 aliphatic carbocycles. The first kappa shape index (κ1) is 22.0. The molecule has 0 radical (unpaired) electrons. The maximum Gasteiger partial charge on any atom is 0.260 e. The second-order valence-corrected chi connectivity index (χ2v) is 8.95. The van der Waals surface area contributed by atoms with E-state index in [1.54, 1.807) is 36.3 Å². The number of nitrogens with zero attached hydrogens (tertiary/aromatic N) is 3. The van der Waals surface area contributed by atoms with Crippen molar-refractivity contribution in [2.45, 2.75) is 13.3 Å². The largest absolute Gasteiger partial charge is 0.494 e. The molecular formula is C23H26ClN3O3S. The highest BCUT2D eigenvalue weighted by molar-refractivity contribution is 7.22. The van der Waals surface area contributed by atoms with Crippen LogP contribution < -0.4 is 9.64 Å². The Labute approximate surface area is 191 Å². The number of methoxy groups -OCH3 is 1. The number of halogens is 1. The summed E-state index contributed by atoms with van der Waals surface area (Å²) in [7, 11) is 1.64. The number of carbonyl (C=O) groups excluding carboxylic acids is 1. The summed E-state index contributed by atoms with van der Waals surface area (Å²) in [5.41, 5.74) is 2.46. The van der Waals surface area contributed by atoms with Crippen molar-refractivity contribution in [3.8, 4) is 5.75 Å². The van der Waals surface area contributed by atoms with Crippen molar-refractivity contribution < 1.29 is 14.3 Å². The fourth-order valence-corrected chi connectivity index (χ4v) is 4.98. The molecule has 1 amide bonds. The normalized spacial score (nSPS) is 14.7. The van der Waals surface area contributed by atoms with E-state index in [1.807, 2.05) is 19.1 Å². The SMILES string of the molecule is COc1ccc(C)c2sc(N(CCCN3CCOCC3)C(=O)c3cccc(Cl)c3)nc12. The summed E-state index contributed by atoms with van der Waals surface area (Å²) in [6.45, 7) is 6.93. The first-order valence-electron chi connectivity index (χ1n) is 10.4. The van der Waals surface area contributed by atoms with Crippen LogP contribution in [-0.2, 0) is 4.74 Å².